The Labute approximate surface area is 226 Å². The van der Waals surface area contributed by atoms with Crippen molar-refractivity contribution in [3.05, 3.63) is 141 Å². The van der Waals surface area contributed by atoms with Crippen LogP contribution in [0.2, 0.25) is 5.02 Å². The molecule has 6 heteroatoms. The molecule has 0 aromatic heterocycles. The third-order valence-corrected chi connectivity index (χ3v) is 7.06. The van der Waals surface area contributed by atoms with E-state index < -0.39 is 0 Å². The number of thioether (sulfide) groups is 1. The summed E-state index contributed by atoms with van der Waals surface area (Å²) in [6.07, 6.45) is 1.91. The normalized spacial score (nSPS) is 15.5. The SMILES string of the molecule is O=C1/C(=C\c2ccc(OCc3cccc(Cl)c3)cc2)SC(=NCc2ccccc2)N1Cc1ccccc1. The highest BCUT2D eigenvalue weighted by molar-refractivity contribution is 8.18. The lowest BCUT2D eigenvalue weighted by Gasteiger charge is -2.15. The molecule has 0 N–H and O–H groups in total. The lowest BCUT2D eigenvalue weighted by Crippen LogP contribution is -2.28. The number of carbonyl (C=O) groups excluding carboxylic acids is 1. The van der Waals surface area contributed by atoms with Crippen LogP contribution in [0.4, 0.5) is 0 Å². The Bertz CT molecular complexity index is 1420. The third-order valence-electron chi connectivity index (χ3n) is 5.78. The van der Waals surface area contributed by atoms with E-state index in [1.165, 1.54) is 11.8 Å². The Morgan fingerprint density at radius 2 is 1.49 bits per heavy atom. The molecule has 1 saturated heterocycles. The highest BCUT2D eigenvalue weighted by Gasteiger charge is 2.33. The van der Waals surface area contributed by atoms with Crippen molar-refractivity contribution in [3.8, 4) is 5.75 Å². The Morgan fingerprint density at radius 1 is 0.811 bits per heavy atom. The van der Waals surface area contributed by atoms with Crippen LogP contribution in [0.1, 0.15) is 22.3 Å². The number of amidine groups is 1. The molecule has 0 atom stereocenters. The molecule has 184 valence electrons. The fraction of sp³-hybridized carbons (Fsp3) is 0.0968. The first-order valence-corrected chi connectivity index (χ1v) is 13.1. The van der Waals surface area contributed by atoms with Gasteiger partial charge in [0.1, 0.15) is 12.4 Å². The molecule has 0 unspecified atom stereocenters. The molecule has 0 spiro atoms. The van der Waals surface area contributed by atoms with Gasteiger partial charge < -0.3 is 4.74 Å². The molecular formula is C31H25ClN2O2S. The van der Waals surface area contributed by atoms with Crippen LogP contribution in [0, 0.1) is 0 Å². The van der Waals surface area contributed by atoms with Crippen molar-refractivity contribution < 1.29 is 9.53 Å². The number of rotatable bonds is 8. The van der Waals surface area contributed by atoms with Gasteiger partial charge in [-0.15, -0.1) is 0 Å². The summed E-state index contributed by atoms with van der Waals surface area (Å²) in [7, 11) is 0. The molecule has 1 aliphatic rings. The number of benzene rings is 4. The van der Waals surface area contributed by atoms with Gasteiger partial charge >= 0.3 is 0 Å². The first-order valence-electron chi connectivity index (χ1n) is 11.9. The van der Waals surface area contributed by atoms with E-state index >= 15 is 0 Å². The number of aliphatic imine (C=N–C) groups is 1. The predicted molar refractivity (Wildman–Crippen MR) is 152 cm³/mol. The minimum Gasteiger partial charge on any atom is -0.489 e. The van der Waals surface area contributed by atoms with Gasteiger partial charge in [-0.25, -0.2) is 0 Å². The molecule has 0 aliphatic carbocycles. The number of ether oxygens (including phenoxy) is 1. The Kier molecular flexibility index (Phi) is 8.04. The van der Waals surface area contributed by atoms with Crippen LogP contribution >= 0.6 is 23.4 Å². The van der Waals surface area contributed by atoms with Gasteiger partial charge in [0.15, 0.2) is 5.17 Å². The number of halogens is 1. The van der Waals surface area contributed by atoms with Crippen molar-refractivity contribution in [2.75, 3.05) is 0 Å². The molecule has 1 aliphatic heterocycles. The van der Waals surface area contributed by atoms with Gasteiger partial charge in [-0.2, -0.15) is 0 Å². The van der Waals surface area contributed by atoms with Gasteiger partial charge in [-0.1, -0.05) is 96.5 Å². The summed E-state index contributed by atoms with van der Waals surface area (Å²) in [6.45, 7) is 1.44. The molecule has 4 nitrogen and oxygen atoms in total. The van der Waals surface area contributed by atoms with E-state index in [-0.39, 0.29) is 5.91 Å². The molecule has 0 saturated carbocycles. The fourth-order valence-corrected chi connectivity index (χ4v) is 5.07. The zero-order valence-corrected chi connectivity index (χ0v) is 21.7. The second kappa shape index (κ2) is 12.0. The average Bonchev–Trinajstić information content (AvgIpc) is 3.22. The van der Waals surface area contributed by atoms with Crippen molar-refractivity contribution in [3.63, 3.8) is 0 Å². The fourth-order valence-electron chi connectivity index (χ4n) is 3.88. The van der Waals surface area contributed by atoms with Crippen LogP contribution in [0.25, 0.3) is 6.08 Å². The van der Waals surface area contributed by atoms with Gasteiger partial charge in [0.2, 0.25) is 0 Å². The number of amides is 1. The largest absolute Gasteiger partial charge is 0.489 e. The summed E-state index contributed by atoms with van der Waals surface area (Å²) < 4.78 is 5.89. The zero-order chi connectivity index (χ0) is 25.5. The van der Waals surface area contributed by atoms with E-state index in [4.69, 9.17) is 21.3 Å². The van der Waals surface area contributed by atoms with E-state index in [0.29, 0.717) is 34.8 Å². The van der Waals surface area contributed by atoms with E-state index in [2.05, 4.69) is 0 Å². The zero-order valence-electron chi connectivity index (χ0n) is 20.1. The third kappa shape index (κ3) is 6.70. The Balaban J connectivity index is 1.32. The van der Waals surface area contributed by atoms with Crippen LogP contribution in [0.3, 0.4) is 0 Å². The van der Waals surface area contributed by atoms with Crippen LogP contribution in [0.5, 0.6) is 5.75 Å². The lowest BCUT2D eigenvalue weighted by atomic mass is 10.2. The minimum absolute atomic E-state index is 0.0399. The molecule has 1 heterocycles. The molecule has 5 rings (SSSR count). The highest BCUT2D eigenvalue weighted by Crippen LogP contribution is 2.34. The second-order valence-corrected chi connectivity index (χ2v) is 10.0. The summed E-state index contributed by atoms with van der Waals surface area (Å²) in [5.74, 6) is 0.713. The van der Waals surface area contributed by atoms with Crippen molar-refractivity contribution in [2.45, 2.75) is 19.7 Å². The average molecular weight is 525 g/mol. The van der Waals surface area contributed by atoms with Crippen molar-refractivity contribution >= 4 is 40.5 Å². The molecule has 1 fully saturated rings. The summed E-state index contributed by atoms with van der Waals surface area (Å²) >= 11 is 7.47. The maximum Gasteiger partial charge on any atom is 0.267 e. The maximum atomic E-state index is 13.4. The molecule has 4 aromatic rings. The van der Waals surface area contributed by atoms with Gasteiger partial charge in [0.05, 0.1) is 18.0 Å². The van der Waals surface area contributed by atoms with E-state index in [1.807, 2.05) is 115 Å². The monoisotopic (exact) mass is 524 g/mol. The van der Waals surface area contributed by atoms with Crippen molar-refractivity contribution in [2.24, 2.45) is 4.99 Å². The van der Waals surface area contributed by atoms with Crippen LogP contribution in [-0.4, -0.2) is 16.0 Å². The number of nitrogens with zero attached hydrogens (tertiary/aromatic N) is 2. The lowest BCUT2D eigenvalue weighted by molar-refractivity contribution is -0.122. The summed E-state index contributed by atoms with van der Waals surface area (Å²) in [5, 5.41) is 1.40. The topological polar surface area (TPSA) is 41.9 Å². The first-order chi connectivity index (χ1) is 18.1. The van der Waals surface area contributed by atoms with Gasteiger partial charge in [0.25, 0.3) is 5.91 Å². The second-order valence-electron chi connectivity index (χ2n) is 8.56. The molecule has 4 aromatic carbocycles. The molecule has 0 bridgehead atoms. The number of hydrogen-bond acceptors (Lipinski definition) is 4. The quantitative estimate of drug-likeness (QED) is 0.223. The minimum atomic E-state index is -0.0399. The molecule has 0 radical (unpaired) electrons. The van der Waals surface area contributed by atoms with Crippen molar-refractivity contribution in [1.82, 2.24) is 4.90 Å². The number of hydrogen-bond donors (Lipinski definition) is 0. The van der Waals surface area contributed by atoms with Crippen LogP contribution < -0.4 is 4.74 Å². The molecular weight excluding hydrogens is 500 g/mol. The van der Waals surface area contributed by atoms with E-state index in [0.717, 1.165) is 28.0 Å². The summed E-state index contributed by atoms with van der Waals surface area (Å²) in [6, 6.07) is 35.4. The van der Waals surface area contributed by atoms with Crippen LogP contribution in [-0.2, 0) is 24.5 Å². The van der Waals surface area contributed by atoms with Crippen molar-refractivity contribution in [1.29, 1.82) is 0 Å². The Morgan fingerprint density at radius 3 is 2.19 bits per heavy atom. The summed E-state index contributed by atoms with van der Waals surface area (Å²) in [5.41, 5.74) is 4.10. The van der Waals surface area contributed by atoms with Gasteiger partial charge in [0, 0.05) is 5.02 Å². The highest BCUT2D eigenvalue weighted by atomic mass is 35.5. The molecule has 37 heavy (non-hydrogen) atoms. The van der Waals surface area contributed by atoms with Crippen LogP contribution in [0.15, 0.2) is 119 Å². The smallest absolute Gasteiger partial charge is 0.267 e. The Hall–Kier alpha value is -3.80. The van der Waals surface area contributed by atoms with Gasteiger partial charge in [-0.05, 0) is 64.4 Å². The number of carbonyl (C=O) groups is 1. The summed E-state index contributed by atoms with van der Waals surface area (Å²) in [4.78, 5) is 20.6. The first kappa shape index (κ1) is 24.9. The predicted octanol–water partition coefficient (Wildman–Crippen LogP) is 7.59. The standard InChI is InChI=1S/C31H25ClN2O2S/c32-27-13-7-12-26(18-27)22-36-28-16-14-23(15-17-28)19-29-30(35)34(21-25-10-5-2-6-11-25)31(37-29)33-20-24-8-3-1-4-9-24/h1-19H,20-22H2/b29-19+,33-31?. The van der Waals surface area contributed by atoms with E-state index in [1.54, 1.807) is 4.90 Å². The van der Waals surface area contributed by atoms with Gasteiger partial charge in [-0.3, -0.25) is 14.7 Å². The van der Waals surface area contributed by atoms with E-state index in [9.17, 15) is 4.79 Å². The molecule has 1 amide bonds. The maximum absolute atomic E-state index is 13.4.